The number of hydrogen-bond acceptors (Lipinski definition) is 3. The van der Waals surface area contributed by atoms with Gasteiger partial charge >= 0.3 is 0 Å². The van der Waals surface area contributed by atoms with Crippen LogP contribution in [0, 0.1) is 5.82 Å². The van der Waals surface area contributed by atoms with Gasteiger partial charge in [0, 0.05) is 19.2 Å². The first-order valence-electron chi connectivity index (χ1n) is 4.13. The zero-order valence-corrected chi connectivity index (χ0v) is 7.94. The van der Waals surface area contributed by atoms with E-state index in [1.807, 2.05) is 0 Å². The van der Waals surface area contributed by atoms with Crippen LogP contribution in [0.5, 0.6) is 0 Å². The Labute approximate surface area is 82.0 Å². The zero-order valence-electron chi connectivity index (χ0n) is 7.94. The third-order valence-corrected chi connectivity index (χ3v) is 1.79. The van der Waals surface area contributed by atoms with Crippen molar-refractivity contribution in [1.29, 1.82) is 0 Å². The summed E-state index contributed by atoms with van der Waals surface area (Å²) in [5, 5.41) is 1.24. The number of aliphatic imine (C=N–C) groups is 1. The van der Waals surface area contributed by atoms with Crippen LogP contribution in [0.2, 0.25) is 0 Å². The molecule has 1 aromatic carbocycles. The van der Waals surface area contributed by atoms with Crippen molar-refractivity contribution in [3.05, 3.63) is 29.6 Å². The minimum absolute atomic E-state index is 0.179. The Balaban J connectivity index is 2.96. The van der Waals surface area contributed by atoms with Gasteiger partial charge in [-0.2, -0.15) is 0 Å². The standard InChI is InChI=1S/C9H13FN4/c1-13-6-14(12)8-3-2-7(5-11)9(10)4-8/h2-4,6H,5,11-12H2,1H3. The highest BCUT2D eigenvalue weighted by Gasteiger charge is 2.04. The fraction of sp³-hybridized carbons (Fsp3) is 0.222. The molecule has 0 unspecified atom stereocenters. The fourth-order valence-corrected chi connectivity index (χ4v) is 1.05. The van der Waals surface area contributed by atoms with Crippen LogP contribution in [-0.2, 0) is 6.54 Å². The maximum Gasteiger partial charge on any atom is 0.129 e. The van der Waals surface area contributed by atoms with Crippen molar-refractivity contribution in [2.75, 3.05) is 12.1 Å². The summed E-state index contributed by atoms with van der Waals surface area (Å²) in [7, 11) is 1.59. The van der Waals surface area contributed by atoms with E-state index in [1.165, 1.54) is 17.4 Å². The van der Waals surface area contributed by atoms with Crippen LogP contribution in [0.1, 0.15) is 5.56 Å². The van der Waals surface area contributed by atoms with E-state index in [2.05, 4.69) is 4.99 Å². The molecule has 0 spiro atoms. The number of halogens is 1. The average Bonchev–Trinajstić information content (AvgIpc) is 2.18. The summed E-state index contributed by atoms with van der Waals surface area (Å²) in [5.41, 5.74) is 6.33. The molecule has 0 aliphatic rings. The van der Waals surface area contributed by atoms with Gasteiger partial charge in [0.15, 0.2) is 0 Å². The Kier molecular flexibility index (Phi) is 3.55. The predicted molar refractivity (Wildman–Crippen MR) is 55.4 cm³/mol. The molecule has 0 bridgehead atoms. The van der Waals surface area contributed by atoms with Gasteiger partial charge in [-0.25, -0.2) is 10.2 Å². The number of benzene rings is 1. The first-order chi connectivity index (χ1) is 6.69. The lowest BCUT2D eigenvalue weighted by Gasteiger charge is -2.13. The Morgan fingerprint density at radius 1 is 1.57 bits per heavy atom. The van der Waals surface area contributed by atoms with Crippen molar-refractivity contribution in [3.8, 4) is 0 Å². The van der Waals surface area contributed by atoms with Crippen molar-refractivity contribution in [2.45, 2.75) is 6.54 Å². The third kappa shape index (κ3) is 2.27. The van der Waals surface area contributed by atoms with E-state index in [0.29, 0.717) is 11.3 Å². The van der Waals surface area contributed by atoms with Crippen LogP contribution in [0.15, 0.2) is 23.2 Å². The molecule has 4 N–H and O–H groups in total. The molecule has 0 aliphatic heterocycles. The Hall–Kier alpha value is -1.46. The highest BCUT2D eigenvalue weighted by atomic mass is 19.1. The third-order valence-electron chi connectivity index (χ3n) is 1.79. The van der Waals surface area contributed by atoms with Gasteiger partial charge in [0.05, 0.1) is 5.69 Å². The van der Waals surface area contributed by atoms with Gasteiger partial charge in [-0.3, -0.25) is 10.0 Å². The molecule has 76 valence electrons. The molecule has 0 fully saturated rings. The molecular formula is C9H13FN4. The molecule has 0 saturated heterocycles. The average molecular weight is 196 g/mol. The van der Waals surface area contributed by atoms with Crippen LogP contribution < -0.4 is 16.6 Å². The van der Waals surface area contributed by atoms with Crippen molar-refractivity contribution in [1.82, 2.24) is 0 Å². The van der Waals surface area contributed by atoms with E-state index in [9.17, 15) is 4.39 Å². The monoisotopic (exact) mass is 196 g/mol. The summed E-state index contributed by atoms with van der Waals surface area (Å²) in [5.74, 6) is 5.20. The van der Waals surface area contributed by atoms with E-state index in [1.54, 1.807) is 19.2 Å². The number of hydrogen-bond donors (Lipinski definition) is 2. The van der Waals surface area contributed by atoms with Crippen molar-refractivity contribution < 1.29 is 4.39 Å². The van der Waals surface area contributed by atoms with Crippen molar-refractivity contribution >= 4 is 12.0 Å². The lowest BCUT2D eigenvalue weighted by Crippen LogP contribution is -2.29. The Morgan fingerprint density at radius 2 is 2.29 bits per heavy atom. The quantitative estimate of drug-likeness (QED) is 0.322. The van der Waals surface area contributed by atoms with Gasteiger partial charge in [0.25, 0.3) is 0 Å². The smallest absolute Gasteiger partial charge is 0.129 e. The maximum atomic E-state index is 13.2. The second kappa shape index (κ2) is 4.69. The molecule has 14 heavy (non-hydrogen) atoms. The number of anilines is 1. The SMILES string of the molecule is CN=CN(N)c1ccc(CN)c(F)c1. The van der Waals surface area contributed by atoms with Crippen LogP contribution in [0.3, 0.4) is 0 Å². The Morgan fingerprint density at radius 3 is 2.79 bits per heavy atom. The van der Waals surface area contributed by atoms with Gasteiger partial charge in [0.2, 0.25) is 0 Å². The van der Waals surface area contributed by atoms with Crippen molar-refractivity contribution in [2.24, 2.45) is 16.6 Å². The molecule has 0 heterocycles. The second-order valence-corrected chi connectivity index (χ2v) is 2.76. The molecule has 0 aliphatic carbocycles. The highest BCUT2D eigenvalue weighted by molar-refractivity contribution is 5.77. The molecule has 0 amide bonds. The van der Waals surface area contributed by atoms with E-state index >= 15 is 0 Å². The highest BCUT2D eigenvalue weighted by Crippen LogP contribution is 2.15. The zero-order chi connectivity index (χ0) is 10.6. The molecule has 0 saturated carbocycles. The molecule has 5 heteroatoms. The minimum atomic E-state index is -0.357. The minimum Gasteiger partial charge on any atom is -0.326 e. The summed E-state index contributed by atoms with van der Waals surface area (Å²) in [6, 6.07) is 4.62. The van der Waals surface area contributed by atoms with Crippen LogP contribution in [0.25, 0.3) is 0 Å². The van der Waals surface area contributed by atoms with Crippen LogP contribution in [-0.4, -0.2) is 13.4 Å². The maximum absolute atomic E-state index is 13.2. The van der Waals surface area contributed by atoms with E-state index in [-0.39, 0.29) is 12.4 Å². The molecule has 0 atom stereocenters. The predicted octanol–water partition coefficient (Wildman–Crippen LogP) is 0.623. The van der Waals surface area contributed by atoms with Gasteiger partial charge in [-0.15, -0.1) is 0 Å². The normalized spacial score (nSPS) is 10.9. The number of rotatable bonds is 3. The molecule has 4 nitrogen and oxygen atoms in total. The molecule has 0 radical (unpaired) electrons. The van der Waals surface area contributed by atoms with Gasteiger partial charge in [-0.05, 0) is 12.1 Å². The summed E-state index contributed by atoms with van der Waals surface area (Å²) in [6.07, 6.45) is 1.40. The second-order valence-electron chi connectivity index (χ2n) is 2.76. The largest absolute Gasteiger partial charge is 0.326 e. The molecule has 0 aromatic heterocycles. The van der Waals surface area contributed by atoms with Gasteiger partial charge in [0.1, 0.15) is 12.2 Å². The fourth-order valence-electron chi connectivity index (χ4n) is 1.05. The van der Waals surface area contributed by atoms with E-state index in [4.69, 9.17) is 11.6 Å². The number of nitrogens with zero attached hydrogens (tertiary/aromatic N) is 2. The summed E-state index contributed by atoms with van der Waals surface area (Å²) >= 11 is 0. The molecule has 1 aromatic rings. The van der Waals surface area contributed by atoms with Gasteiger partial charge in [-0.1, -0.05) is 6.07 Å². The summed E-state index contributed by atoms with van der Waals surface area (Å²) < 4.78 is 13.2. The number of nitrogens with two attached hydrogens (primary N) is 2. The van der Waals surface area contributed by atoms with Gasteiger partial charge < -0.3 is 5.73 Å². The lowest BCUT2D eigenvalue weighted by atomic mass is 10.2. The topological polar surface area (TPSA) is 67.6 Å². The summed E-state index contributed by atoms with van der Waals surface area (Å²) in [4.78, 5) is 3.71. The summed E-state index contributed by atoms with van der Waals surface area (Å²) in [6.45, 7) is 0.179. The van der Waals surface area contributed by atoms with Crippen LogP contribution in [0.4, 0.5) is 10.1 Å². The van der Waals surface area contributed by atoms with Crippen molar-refractivity contribution in [3.63, 3.8) is 0 Å². The van der Waals surface area contributed by atoms with E-state index in [0.717, 1.165) is 0 Å². The first kappa shape index (κ1) is 10.6. The van der Waals surface area contributed by atoms with E-state index < -0.39 is 0 Å². The first-order valence-corrected chi connectivity index (χ1v) is 4.13. The van der Waals surface area contributed by atoms with Crippen LogP contribution >= 0.6 is 0 Å². The molecule has 1 rings (SSSR count). The molecular weight excluding hydrogens is 183 g/mol. The number of hydrazine groups is 1. The lowest BCUT2D eigenvalue weighted by molar-refractivity contribution is 0.610. The Bertz CT molecular complexity index is 338.